The Balaban J connectivity index is 1.76. The lowest BCUT2D eigenvalue weighted by molar-refractivity contribution is -0.140. The summed E-state index contributed by atoms with van der Waals surface area (Å²) < 4.78 is 39.2. The molecular formula is C33H41N3O6S. The molecule has 43 heavy (non-hydrogen) atoms. The second kappa shape index (κ2) is 14.4. The van der Waals surface area contributed by atoms with Crippen molar-refractivity contribution in [3.63, 3.8) is 0 Å². The lowest BCUT2D eigenvalue weighted by atomic mass is 10.0. The number of carbonyl (C=O) groups excluding carboxylic acids is 2. The van der Waals surface area contributed by atoms with Crippen LogP contribution in [0.25, 0.3) is 0 Å². The predicted molar refractivity (Wildman–Crippen MR) is 168 cm³/mol. The molecule has 1 aliphatic rings. The highest BCUT2D eigenvalue weighted by Crippen LogP contribution is 2.35. The van der Waals surface area contributed by atoms with Gasteiger partial charge >= 0.3 is 0 Å². The van der Waals surface area contributed by atoms with Crippen LogP contribution in [0.15, 0.2) is 72.8 Å². The zero-order valence-corrected chi connectivity index (χ0v) is 26.1. The van der Waals surface area contributed by atoms with Crippen LogP contribution >= 0.6 is 0 Å². The highest BCUT2D eigenvalue weighted by atomic mass is 32.2. The fraction of sp³-hybridized carbons (Fsp3) is 0.394. The zero-order chi connectivity index (χ0) is 31.0. The first-order valence-electron chi connectivity index (χ1n) is 14.7. The number of anilines is 1. The van der Waals surface area contributed by atoms with E-state index in [1.165, 1.54) is 11.8 Å². The molecular weight excluding hydrogens is 566 g/mol. The summed E-state index contributed by atoms with van der Waals surface area (Å²) in [7, 11) is -3.89. The average Bonchev–Trinajstić information content (AvgIpc) is 3.02. The van der Waals surface area contributed by atoms with Crippen LogP contribution in [0.5, 0.6) is 11.5 Å². The molecule has 3 aromatic carbocycles. The molecule has 0 aliphatic carbocycles. The minimum Gasteiger partial charge on any atom is -0.486 e. The molecule has 2 amide bonds. The fourth-order valence-electron chi connectivity index (χ4n) is 4.87. The van der Waals surface area contributed by atoms with E-state index < -0.39 is 28.5 Å². The Morgan fingerprint density at radius 3 is 2.28 bits per heavy atom. The number of nitrogens with zero attached hydrogens (tertiary/aromatic N) is 2. The van der Waals surface area contributed by atoms with E-state index in [9.17, 15) is 18.0 Å². The van der Waals surface area contributed by atoms with Crippen molar-refractivity contribution in [3.05, 3.63) is 89.5 Å². The summed E-state index contributed by atoms with van der Waals surface area (Å²) in [5.74, 6) is -0.0611. The molecule has 0 saturated carbocycles. The summed E-state index contributed by atoms with van der Waals surface area (Å²) >= 11 is 0. The summed E-state index contributed by atoms with van der Waals surface area (Å²) in [4.78, 5) is 29.7. The zero-order valence-electron chi connectivity index (χ0n) is 25.3. The third-order valence-corrected chi connectivity index (χ3v) is 9.41. The van der Waals surface area contributed by atoms with Crippen LogP contribution in [0.3, 0.4) is 0 Å². The van der Waals surface area contributed by atoms with Crippen molar-refractivity contribution in [2.24, 2.45) is 0 Å². The number of sulfonamides is 1. The number of benzene rings is 3. The molecule has 230 valence electrons. The van der Waals surface area contributed by atoms with Crippen molar-refractivity contribution < 1.29 is 27.5 Å². The number of hydrogen-bond acceptors (Lipinski definition) is 6. The Hall–Kier alpha value is -4.05. The molecule has 0 fully saturated rings. The summed E-state index contributed by atoms with van der Waals surface area (Å²) in [5.41, 5.74) is 3.01. The van der Waals surface area contributed by atoms with Crippen molar-refractivity contribution in [2.45, 2.75) is 59.2 Å². The van der Waals surface area contributed by atoms with Gasteiger partial charge in [0.15, 0.2) is 11.5 Å². The van der Waals surface area contributed by atoms with Gasteiger partial charge in [-0.15, -0.1) is 0 Å². The van der Waals surface area contributed by atoms with Crippen molar-refractivity contribution in [1.29, 1.82) is 0 Å². The lowest BCUT2D eigenvalue weighted by Gasteiger charge is -2.34. The highest BCUT2D eigenvalue weighted by Gasteiger charge is 2.34. The minimum atomic E-state index is -3.89. The molecule has 1 heterocycles. The molecule has 1 aliphatic heterocycles. The molecule has 2 unspecified atom stereocenters. The van der Waals surface area contributed by atoms with Gasteiger partial charge < -0.3 is 19.7 Å². The molecule has 4 rings (SSSR count). The SMILES string of the molecule is CCC(C)NC(=O)C(Cc1ccccc1)N(Cc1ccccc1C)C(=O)CN(c1ccc2c(c1)OCCO2)S(=O)(=O)CC. The maximum atomic E-state index is 14.4. The van der Waals surface area contributed by atoms with Crippen LogP contribution in [0.2, 0.25) is 0 Å². The quantitative estimate of drug-likeness (QED) is 0.307. The Labute approximate surface area is 254 Å². The van der Waals surface area contributed by atoms with Crippen LogP contribution in [0, 0.1) is 6.92 Å². The molecule has 0 saturated heterocycles. The lowest BCUT2D eigenvalue weighted by Crippen LogP contribution is -2.54. The molecule has 3 aromatic rings. The third kappa shape index (κ3) is 8.07. The highest BCUT2D eigenvalue weighted by molar-refractivity contribution is 7.92. The predicted octanol–water partition coefficient (Wildman–Crippen LogP) is 4.48. The number of aryl methyl sites for hydroxylation is 1. The monoisotopic (exact) mass is 607 g/mol. The topological polar surface area (TPSA) is 105 Å². The van der Waals surface area contributed by atoms with Gasteiger partial charge in [0.1, 0.15) is 25.8 Å². The Kier molecular flexibility index (Phi) is 10.7. The number of hydrogen-bond donors (Lipinski definition) is 1. The summed E-state index contributed by atoms with van der Waals surface area (Å²) in [6, 6.07) is 21.1. The van der Waals surface area contributed by atoms with E-state index in [0.717, 1.165) is 27.4 Å². The smallest absolute Gasteiger partial charge is 0.244 e. The van der Waals surface area contributed by atoms with Crippen molar-refractivity contribution in [3.8, 4) is 11.5 Å². The number of amides is 2. The van der Waals surface area contributed by atoms with Gasteiger partial charge in [-0.3, -0.25) is 13.9 Å². The van der Waals surface area contributed by atoms with Gasteiger partial charge in [-0.1, -0.05) is 61.5 Å². The second-order valence-electron chi connectivity index (χ2n) is 10.7. The minimum absolute atomic E-state index is 0.101. The molecule has 0 spiro atoms. The molecule has 0 radical (unpaired) electrons. The van der Waals surface area contributed by atoms with Crippen LogP contribution in [0.1, 0.15) is 43.9 Å². The van der Waals surface area contributed by atoms with Crippen molar-refractivity contribution >= 4 is 27.5 Å². The number of carbonyl (C=O) groups is 2. The summed E-state index contributed by atoms with van der Waals surface area (Å²) in [5, 5.41) is 3.05. The number of nitrogens with one attached hydrogen (secondary N) is 1. The number of rotatable bonds is 13. The van der Waals surface area contributed by atoms with Gasteiger partial charge in [-0.2, -0.15) is 0 Å². The largest absolute Gasteiger partial charge is 0.486 e. The Morgan fingerprint density at radius 1 is 0.930 bits per heavy atom. The second-order valence-corrected chi connectivity index (χ2v) is 12.9. The van der Waals surface area contributed by atoms with E-state index >= 15 is 0 Å². The van der Waals surface area contributed by atoms with Crippen LogP contribution < -0.4 is 19.1 Å². The molecule has 0 aromatic heterocycles. The van der Waals surface area contributed by atoms with Gasteiger partial charge in [-0.05, 0) is 56.0 Å². The first-order chi connectivity index (χ1) is 20.6. The normalized spacial score (nSPS) is 14.0. The maximum absolute atomic E-state index is 14.4. The van der Waals surface area contributed by atoms with E-state index in [0.29, 0.717) is 30.4 Å². The van der Waals surface area contributed by atoms with Crippen LogP contribution in [-0.4, -0.2) is 62.7 Å². The Bertz CT molecular complexity index is 1510. The molecule has 0 bridgehead atoms. The molecule has 2 atom stereocenters. The van der Waals surface area contributed by atoms with E-state index in [-0.39, 0.29) is 30.7 Å². The van der Waals surface area contributed by atoms with Crippen LogP contribution in [-0.2, 0) is 32.6 Å². The van der Waals surface area contributed by atoms with Gasteiger partial charge in [0.25, 0.3) is 0 Å². The summed E-state index contributed by atoms with van der Waals surface area (Å²) in [6.45, 7) is 7.78. The van der Waals surface area contributed by atoms with Crippen molar-refractivity contribution in [2.75, 3.05) is 29.8 Å². The average molecular weight is 608 g/mol. The number of ether oxygens (including phenoxy) is 2. The standard InChI is InChI=1S/C33H41N3O6S/c1-5-25(4)34-33(38)29(20-26-13-8-7-9-14-26)35(22-27-15-11-10-12-24(27)3)32(37)23-36(43(39,40)6-2)28-16-17-30-31(21-28)42-19-18-41-30/h7-17,21,25,29H,5-6,18-20,22-23H2,1-4H3,(H,34,38). The Morgan fingerprint density at radius 2 is 1.60 bits per heavy atom. The molecule has 1 N–H and O–H groups in total. The van der Waals surface area contributed by atoms with E-state index in [2.05, 4.69) is 5.32 Å². The van der Waals surface area contributed by atoms with Crippen LogP contribution in [0.4, 0.5) is 5.69 Å². The molecule has 9 nitrogen and oxygen atoms in total. The summed E-state index contributed by atoms with van der Waals surface area (Å²) in [6.07, 6.45) is 0.994. The third-order valence-electron chi connectivity index (χ3n) is 7.67. The van der Waals surface area contributed by atoms with E-state index in [1.54, 1.807) is 18.2 Å². The maximum Gasteiger partial charge on any atom is 0.244 e. The first kappa shape index (κ1) is 31.9. The van der Waals surface area contributed by atoms with Gasteiger partial charge in [-0.25, -0.2) is 8.42 Å². The van der Waals surface area contributed by atoms with Gasteiger partial charge in [0.05, 0.1) is 11.4 Å². The van der Waals surface area contributed by atoms with Gasteiger partial charge in [0.2, 0.25) is 21.8 Å². The van der Waals surface area contributed by atoms with Crippen molar-refractivity contribution in [1.82, 2.24) is 10.2 Å². The van der Waals surface area contributed by atoms with E-state index in [4.69, 9.17) is 9.47 Å². The van der Waals surface area contributed by atoms with Gasteiger partial charge in [0, 0.05) is 25.1 Å². The fourth-order valence-corrected chi connectivity index (χ4v) is 5.93. The van der Waals surface area contributed by atoms with E-state index in [1.807, 2.05) is 75.4 Å². The first-order valence-corrected chi connectivity index (χ1v) is 16.3. The number of fused-ring (bicyclic) bond motifs is 1. The molecule has 10 heteroatoms.